The highest BCUT2D eigenvalue weighted by molar-refractivity contribution is 5.91. The minimum absolute atomic E-state index is 0.00828. The number of hydrogen-bond donors (Lipinski definition) is 0. The largest absolute Gasteiger partial charge is 0.465 e. The number of furan rings is 1. The summed E-state index contributed by atoms with van der Waals surface area (Å²) in [5, 5.41) is 8.23. The molecule has 1 saturated heterocycles. The SMILES string of the molecule is O=C(/C=C/c1ccco1)N1CC[C@@H](n2nccn2)C1. The fraction of sp³-hybridized carbons (Fsp3) is 0.308. The first-order valence-electron chi connectivity index (χ1n) is 6.19. The van der Waals surface area contributed by atoms with Gasteiger partial charge in [-0.2, -0.15) is 15.0 Å². The Kier molecular flexibility index (Phi) is 3.14. The number of aromatic nitrogens is 3. The van der Waals surface area contributed by atoms with E-state index < -0.39 is 0 Å². The molecule has 1 aliphatic rings. The molecular formula is C13H14N4O2. The lowest BCUT2D eigenvalue weighted by molar-refractivity contribution is -0.125. The van der Waals surface area contributed by atoms with Crippen molar-refractivity contribution in [2.45, 2.75) is 12.5 Å². The Bertz CT molecular complexity index is 559. The number of hydrogen-bond acceptors (Lipinski definition) is 4. The highest BCUT2D eigenvalue weighted by Gasteiger charge is 2.27. The molecule has 1 atom stereocenters. The fourth-order valence-corrected chi connectivity index (χ4v) is 2.19. The van der Waals surface area contributed by atoms with E-state index in [1.54, 1.807) is 40.5 Å². The van der Waals surface area contributed by atoms with E-state index in [1.807, 2.05) is 6.07 Å². The Morgan fingerprint density at radius 3 is 3.00 bits per heavy atom. The Morgan fingerprint density at radius 2 is 2.26 bits per heavy atom. The molecule has 1 fully saturated rings. The molecule has 3 rings (SSSR count). The van der Waals surface area contributed by atoms with Gasteiger partial charge in [-0.1, -0.05) is 0 Å². The molecule has 0 bridgehead atoms. The zero-order chi connectivity index (χ0) is 13.1. The normalized spacial score (nSPS) is 19.4. The van der Waals surface area contributed by atoms with Crippen molar-refractivity contribution in [3.63, 3.8) is 0 Å². The first kappa shape index (κ1) is 11.7. The molecule has 0 spiro atoms. The Labute approximate surface area is 110 Å². The standard InChI is InChI=1S/C13H14N4O2/c18-13(4-3-12-2-1-9-19-12)16-8-5-11(10-16)17-14-6-7-15-17/h1-4,6-7,9,11H,5,8,10H2/b4-3+/t11-/m1/s1. The number of amides is 1. The Hall–Kier alpha value is -2.37. The third-order valence-electron chi connectivity index (χ3n) is 3.17. The van der Waals surface area contributed by atoms with Gasteiger partial charge in [0.15, 0.2) is 0 Å². The molecule has 2 aromatic rings. The van der Waals surface area contributed by atoms with Crippen molar-refractivity contribution >= 4 is 12.0 Å². The first-order valence-corrected chi connectivity index (χ1v) is 6.19. The predicted molar refractivity (Wildman–Crippen MR) is 68.0 cm³/mol. The van der Waals surface area contributed by atoms with Gasteiger partial charge in [0.2, 0.25) is 5.91 Å². The highest BCUT2D eigenvalue weighted by Crippen LogP contribution is 2.20. The van der Waals surface area contributed by atoms with Crippen LogP contribution in [0.1, 0.15) is 18.2 Å². The van der Waals surface area contributed by atoms with Gasteiger partial charge in [0.25, 0.3) is 0 Å². The smallest absolute Gasteiger partial charge is 0.246 e. The van der Waals surface area contributed by atoms with Gasteiger partial charge in [-0.15, -0.1) is 0 Å². The lowest BCUT2D eigenvalue weighted by atomic mass is 10.3. The van der Waals surface area contributed by atoms with E-state index in [0.29, 0.717) is 12.3 Å². The van der Waals surface area contributed by atoms with E-state index in [1.165, 1.54) is 6.08 Å². The van der Waals surface area contributed by atoms with Crippen LogP contribution in [0, 0.1) is 0 Å². The van der Waals surface area contributed by atoms with Gasteiger partial charge in [0.1, 0.15) is 5.76 Å². The van der Waals surface area contributed by atoms with E-state index in [4.69, 9.17) is 4.42 Å². The second-order valence-corrected chi connectivity index (χ2v) is 4.42. The summed E-state index contributed by atoms with van der Waals surface area (Å²) in [7, 11) is 0. The van der Waals surface area contributed by atoms with Crippen LogP contribution in [0.4, 0.5) is 0 Å². The number of likely N-dealkylation sites (tertiary alicyclic amines) is 1. The molecule has 1 amide bonds. The summed E-state index contributed by atoms with van der Waals surface area (Å²) in [5.41, 5.74) is 0. The number of carbonyl (C=O) groups is 1. The van der Waals surface area contributed by atoms with E-state index in [-0.39, 0.29) is 11.9 Å². The molecule has 0 radical (unpaired) electrons. The fourth-order valence-electron chi connectivity index (χ4n) is 2.19. The molecule has 19 heavy (non-hydrogen) atoms. The molecule has 6 heteroatoms. The molecular weight excluding hydrogens is 244 g/mol. The maximum atomic E-state index is 12.0. The van der Waals surface area contributed by atoms with Crippen LogP contribution in [0.25, 0.3) is 6.08 Å². The minimum Gasteiger partial charge on any atom is -0.465 e. The maximum Gasteiger partial charge on any atom is 0.246 e. The van der Waals surface area contributed by atoms with Crippen LogP contribution in [0.2, 0.25) is 0 Å². The predicted octanol–water partition coefficient (Wildman–Crippen LogP) is 1.36. The van der Waals surface area contributed by atoms with Crippen LogP contribution in [-0.4, -0.2) is 38.9 Å². The van der Waals surface area contributed by atoms with Gasteiger partial charge >= 0.3 is 0 Å². The van der Waals surface area contributed by atoms with E-state index in [0.717, 1.165) is 13.0 Å². The van der Waals surface area contributed by atoms with Crippen molar-refractivity contribution in [3.8, 4) is 0 Å². The Morgan fingerprint density at radius 1 is 1.42 bits per heavy atom. The van der Waals surface area contributed by atoms with Crippen molar-refractivity contribution in [2.24, 2.45) is 0 Å². The van der Waals surface area contributed by atoms with E-state index in [9.17, 15) is 4.79 Å². The lowest BCUT2D eigenvalue weighted by Crippen LogP contribution is -2.27. The van der Waals surface area contributed by atoms with Crippen LogP contribution in [-0.2, 0) is 4.79 Å². The second-order valence-electron chi connectivity index (χ2n) is 4.42. The second kappa shape index (κ2) is 5.09. The molecule has 2 aromatic heterocycles. The Balaban J connectivity index is 1.60. The molecule has 3 heterocycles. The molecule has 1 aliphatic heterocycles. The van der Waals surface area contributed by atoms with E-state index in [2.05, 4.69) is 10.2 Å². The molecule has 0 aliphatic carbocycles. The quantitative estimate of drug-likeness (QED) is 0.780. The monoisotopic (exact) mass is 258 g/mol. The third-order valence-corrected chi connectivity index (χ3v) is 3.17. The summed E-state index contributed by atoms with van der Waals surface area (Å²) in [6, 6.07) is 3.78. The molecule has 0 aromatic carbocycles. The van der Waals surface area contributed by atoms with Crippen molar-refractivity contribution in [1.29, 1.82) is 0 Å². The van der Waals surface area contributed by atoms with Gasteiger partial charge in [-0.25, -0.2) is 0 Å². The first-order chi connectivity index (χ1) is 9.33. The van der Waals surface area contributed by atoms with Gasteiger partial charge < -0.3 is 9.32 Å². The molecule has 0 saturated carbocycles. The molecule has 0 N–H and O–H groups in total. The van der Waals surface area contributed by atoms with Crippen LogP contribution in [0.15, 0.2) is 41.3 Å². The molecule has 6 nitrogen and oxygen atoms in total. The topological polar surface area (TPSA) is 64.2 Å². The van der Waals surface area contributed by atoms with Gasteiger partial charge in [0, 0.05) is 19.2 Å². The third kappa shape index (κ3) is 2.57. The number of rotatable bonds is 3. The van der Waals surface area contributed by atoms with Gasteiger partial charge in [-0.3, -0.25) is 4.79 Å². The van der Waals surface area contributed by atoms with Crippen molar-refractivity contribution in [2.75, 3.05) is 13.1 Å². The minimum atomic E-state index is -0.00828. The number of carbonyl (C=O) groups excluding carboxylic acids is 1. The average molecular weight is 258 g/mol. The summed E-state index contributed by atoms with van der Waals surface area (Å²) in [5.74, 6) is 0.670. The van der Waals surface area contributed by atoms with E-state index >= 15 is 0 Å². The summed E-state index contributed by atoms with van der Waals surface area (Å²) < 4.78 is 5.14. The average Bonchev–Trinajstić information content (AvgIpc) is 3.14. The van der Waals surface area contributed by atoms with Crippen molar-refractivity contribution in [1.82, 2.24) is 19.9 Å². The zero-order valence-corrected chi connectivity index (χ0v) is 10.3. The van der Waals surface area contributed by atoms with Crippen molar-refractivity contribution < 1.29 is 9.21 Å². The molecule has 98 valence electrons. The maximum absolute atomic E-state index is 12.0. The summed E-state index contributed by atoms with van der Waals surface area (Å²) in [6.07, 6.45) is 9.00. The van der Waals surface area contributed by atoms with Gasteiger partial charge in [-0.05, 0) is 24.6 Å². The van der Waals surface area contributed by atoms with Crippen LogP contribution in [0.3, 0.4) is 0 Å². The van der Waals surface area contributed by atoms with Crippen LogP contribution >= 0.6 is 0 Å². The lowest BCUT2D eigenvalue weighted by Gasteiger charge is -2.13. The zero-order valence-electron chi connectivity index (χ0n) is 10.3. The number of nitrogens with zero attached hydrogens (tertiary/aromatic N) is 4. The van der Waals surface area contributed by atoms with Crippen molar-refractivity contribution in [3.05, 3.63) is 42.6 Å². The van der Waals surface area contributed by atoms with Crippen LogP contribution < -0.4 is 0 Å². The summed E-state index contributed by atoms with van der Waals surface area (Å²) in [4.78, 5) is 15.5. The van der Waals surface area contributed by atoms with Crippen LogP contribution in [0.5, 0.6) is 0 Å². The summed E-state index contributed by atoms with van der Waals surface area (Å²) in [6.45, 7) is 1.38. The highest BCUT2D eigenvalue weighted by atomic mass is 16.3. The van der Waals surface area contributed by atoms with Gasteiger partial charge in [0.05, 0.1) is 24.7 Å². The summed E-state index contributed by atoms with van der Waals surface area (Å²) >= 11 is 0. The molecule has 0 unspecified atom stereocenters.